The van der Waals surface area contributed by atoms with Crippen LogP contribution in [-0.4, -0.2) is 13.2 Å². The summed E-state index contributed by atoms with van der Waals surface area (Å²) in [5.74, 6) is 1.76. The second-order valence-electron chi connectivity index (χ2n) is 15.6. The fourth-order valence-corrected chi connectivity index (χ4v) is 8.50. The van der Waals surface area contributed by atoms with Gasteiger partial charge in [0.2, 0.25) is 22.4 Å². The van der Waals surface area contributed by atoms with Crippen LogP contribution in [0.25, 0.3) is 65.9 Å². The zero-order valence-corrected chi connectivity index (χ0v) is 34.8. The van der Waals surface area contributed by atoms with Gasteiger partial charge >= 0.3 is 0 Å². The molecule has 0 aliphatic rings. The molecule has 0 fully saturated rings. The van der Waals surface area contributed by atoms with Crippen LogP contribution in [0.15, 0.2) is 121 Å². The average molecular weight is 806 g/mol. The first-order valence-electron chi connectivity index (χ1n) is 20.5. The lowest BCUT2D eigenvalue weighted by Crippen LogP contribution is -3.00. The van der Waals surface area contributed by atoms with E-state index in [1.807, 2.05) is 48.5 Å². The topological polar surface area (TPSA) is 130 Å². The molecule has 59 heavy (non-hydrogen) atoms. The lowest BCUT2D eigenvalue weighted by molar-refractivity contribution is -0.632. The number of rotatable bonds is 15. The molecule has 8 aromatic rings. The van der Waals surface area contributed by atoms with Crippen molar-refractivity contribution < 1.29 is 31.0 Å². The van der Waals surface area contributed by atoms with Gasteiger partial charge in [-0.1, -0.05) is 62.8 Å². The molecule has 0 unspecified atom stereocenters. The highest BCUT2D eigenvalue weighted by molar-refractivity contribution is 6.11. The van der Waals surface area contributed by atoms with Crippen LogP contribution in [0.4, 0.5) is 22.7 Å². The lowest BCUT2D eigenvalue weighted by atomic mass is 9.98. The molecule has 8 rings (SSSR count). The van der Waals surface area contributed by atoms with Crippen LogP contribution in [0.3, 0.4) is 0 Å². The molecule has 0 aliphatic carbocycles. The van der Waals surface area contributed by atoms with Crippen LogP contribution in [0.2, 0.25) is 0 Å². The SMILES string of the molecule is C[n+]1c(-c2cccc(OCCCCCCCCCCOc3cccc(-c4c5cc(N)ccc5c5ccc(N)cc5[n+]4C)c3)c2)c2cc(N)ccc2c2ccc(N)cc21.[Cl-]. The molecule has 0 bridgehead atoms. The van der Waals surface area contributed by atoms with Crippen molar-refractivity contribution in [2.75, 3.05) is 36.1 Å². The van der Waals surface area contributed by atoms with E-state index in [1.165, 1.54) is 25.7 Å². The quantitative estimate of drug-likeness (QED) is 0.0376. The Balaban J connectivity index is 0.00000528. The van der Waals surface area contributed by atoms with Crippen molar-refractivity contribution in [3.8, 4) is 34.0 Å². The van der Waals surface area contributed by atoms with E-state index < -0.39 is 0 Å². The Bertz CT molecular complexity index is 2600. The molecule has 2 aromatic heterocycles. The van der Waals surface area contributed by atoms with Crippen LogP contribution >= 0.6 is 0 Å². The van der Waals surface area contributed by atoms with Crippen molar-refractivity contribution in [2.45, 2.75) is 51.4 Å². The summed E-state index contributed by atoms with van der Waals surface area (Å²) in [7, 11) is 4.18. The average Bonchev–Trinajstić information content (AvgIpc) is 3.22. The zero-order valence-electron chi connectivity index (χ0n) is 34.0. The Morgan fingerprint density at radius 3 is 1.15 bits per heavy atom. The van der Waals surface area contributed by atoms with Gasteiger partial charge in [-0.2, -0.15) is 9.13 Å². The standard InChI is InChI=1S/C50H52N6O2.ClH/c1-55-47-31-37(53)19-23-43(47)41-21-17-35(51)29-45(41)49(55)33-13-11-15-39(27-33)57-25-9-7-5-3-4-6-8-10-26-58-40-16-12-14-34(28-40)50-46-30-36(52)18-22-42(46)44-24-20-38(54)32-48(44)56(50)2;/h11-24,27-32,53-54H,3-10,25-26,51-52H2,1-2H3;1H/p+1. The van der Waals surface area contributed by atoms with Crippen LogP contribution in [0, 0.1) is 0 Å². The maximum atomic E-state index is 6.28. The Morgan fingerprint density at radius 1 is 0.390 bits per heavy atom. The summed E-state index contributed by atoms with van der Waals surface area (Å²) in [6, 6.07) is 41.2. The highest BCUT2D eigenvalue weighted by atomic mass is 35.5. The fraction of sp³-hybridized carbons (Fsp3) is 0.240. The number of anilines is 4. The fourth-order valence-electron chi connectivity index (χ4n) is 8.50. The maximum absolute atomic E-state index is 6.28. The van der Waals surface area contributed by atoms with E-state index in [0.29, 0.717) is 13.2 Å². The van der Waals surface area contributed by atoms with E-state index in [2.05, 4.69) is 96.0 Å². The van der Waals surface area contributed by atoms with E-state index in [1.54, 1.807) is 0 Å². The molecule has 8 N–H and O–H groups in total. The zero-order chi connectivity index (χ0) is 40.2. The highest BCUT2D eigenvalue weighted by Crippen LogP contribution is 2.36. The second-order valence-corrected chi connectivity index (χ2v) is 15.6. The van der Waals surface area contributed by atoms with Gasteiger partial charge in [-0.15, -0.1) is 0 Å². The third-order valence-electron chi connectivity index (χ3n) is 11.4. The van der Waals surface area contributed by atoms with Gasteiger partial charge < -0.3 is 44.8 Å². The molecule has 0 saturated heterocycles. The summed E-state index contributed by atoms with van der Waals surface area (Å²) < 4.78 is 16.9. The van der Waals surface area contributed by atoms with Gasteiger partial charge in [-0.25, -0.2) is 0 Å². The van der Waals surface area contributed by atoms with Gasteiger partial charge in [0.15, 0.2) is 0 Å². The summed E-state index contributed by atoms with van der Waals surface area (Å²) in [4.78, 5) is 0. The van der Waals surface area contributed by atoms with Crippen molar-refractivity contribution in [2.24, 2.45) is 14.1 Å². The highest BCUT2D eigenvalue weighted by Gasteiger charge is 2.23. The summed E-state index contributed by atoms with van der Waals surface area (Å²) in [6.07, 6.45) is 9.31. The predicted octanol–water partition coefficient (Wildman–Crippen LogP) is 7.19. The Labute approximate surface area is 352 Å². The number of ether oxygens (including phenoxy) is 2. The van der Waals surface area contributed by atoms with E-state index in [4.69, 9.17) is 32.4 Å². The maximum Gasteiger partial charge on any atom is 0.220 e. The number of halogens is 1. The molecule has 0 atom stereocenters. The first kappa shape index (κ1) is 40.9. The Kier molecular flexibility index (Phi) is 12.6. The van der Waals surface area contributed by atoms with Crippen molar-refractivity contribution >= 4 is 66.1 Å². The van der Waals surface area contributed by atoms with Crippen molar-refractivity contribution in [1.82, 2.24) is 0 Å². The molecule has 0 radical (unpaired) electrons. The Morgan fingerprint density at radius 2 is 0.746 bits per heavy atom. The smallest absolute Gasteiger partial charge is 0.220 e. The number of nitrogens with two attached hydrogens (primary N) is 4. The molecule has 8 nitrogen and oxygen atoms in total. The van der Waals surface area contributed by atoms with Crippen LogP contribution in [0.5, 0.6) is 11.5 Å². The number of unbranched alkanes of at least 4 members (excludes halogenated alkanes) is 7. The molecule has 0 amide bonds. The molecular formula is C50H54ClN6O2+. The van der Waals surface area contributed by atoms with Crippen molar-refractivity contribution in [3.05, 3.63) is 121 Å². The minimum atomic E-state index is 0. The second kappa shape index (κ2) is 18.1. The number of hydrogen-bond donors (Lipinski definition) is 4. The van der Waals surface area contributed by atoms with Gasteiger partial charge in [-0.3, -0.25) is 0 Å². The number of nitrogen functional groups attached to an aromatic ring is 4. The number of benzene rings is 6. The molecule has 9 heteroatoms. The Hall–Kier alpha value is -6.25. The molecule has 6 aromatic carbocycles. The van der Waals surface area contributed by atoms with Gasteiger partial charge in [-0.05, 0) is 97.8 Å². The molecular weight excluding hydrogens is 752 g/mol. The first-order chi connectivity index (χ1) is 28.2. The van der Waals surface area contributed by atoms with Crippen molar-refractivity contribution in [3.63, 3.8) is 0 Å². The van der Waals surface area contributed by atoms with Gasteiger partial charge in [0.25, 0.3) is 0 Å². The molecule has 302 valence electrons. The van der Waals surface area contributed by atoms with Gasteiger partial charge in [0.1, 0.15) is 25.6 Å². The molecule has 0 aliphatic heterocycles. The minimum Gasteiger partial charge on any atom is -1.00 e. The summed E-state index contributed by atoms with van der Waals surface area (Å²) in [6.45, 7) is 1.40. The minimum absolute atomic E-state index is 0. The van der Waals surface area contributed by atoms with E-state index in [9.17, 15) is 0 Å². The monoisotopic (exact) mass is 805 g/mol. The largest absolute Gasteiger partial charge is 1.00 e. The third kappa shape index (κ3) is 8.78. The number of nitrogens with zero attached hydrogens (tertiary/aromatic N) is 2. The van der Waals surface area contributed by atoms with Crippen LogP contribution in [-0.2, 0) is 14.1 Å². The van der Waals surface area contributed by atoms with Crippen LogP contribution in [0.1, 0.15) is 51.4 Å². The molecule has 0 saturated carbocycles. The number of fused-ring (bicyclic) bond motifs is 6. The first-order valence-corrected chi connectivity index (χ1v) is 20.5. The summed E-state index contributed by atoms with van der Waals surface area (Å²) >= 11 is 0. The number of aromatic nitrogens is 2. The predicted molar refractivity (Wildman–Crippen MR) is 242 cm³/mol. The summed E-state index contributed by atoms with van der Waals surface area (Å²) in [5.41, 5.74) is 34.4. The van der Waals surface area contributed by atoms with Crippen molar-refractivity contribution in [1.29, 1.82) is 0 Å². The molecule has 0 spiro atoms. The third-order valence-corrected chi connectivity index (χ3v) is 11.4. The normalized spacial score (nSPS) is 11.4. The number of hydrogen-bond acceptors (Lipinski definition) is 6. The number of pyridine rings is 2. The lowest BCUT2D eigenvalue weighted by Gasteiger charge is -2.12. The van der Waals surface area contributed by atoms with E-state index >= 15 is 0 Å². The van der Waals surface area contributed by atoms with E-state index in [-0.39, 0.29) is 12.4 Å². The van der Waals surface area contributed by atoms with Gasteiger partial charge in [0.05, 0.1) is 45.9 Å². The van der Waals surface area contributed by atoms with E-state index in [0.717, 1.165) is 126 Å². The van der Waals surface area contributed by atoms with Crippen LogP contribution < -0.4 is 53.9 Å². The molecule has 2 heterocycles. The number of aryl methyl sites for hydroxylation is 2. The summed E-state index contributed by atoms with van der Waals surface area (Å²) in [5, 5.41) is 6.81. The van der Waals surface area contributed by atoms with Gasteiger partial charge in [0, 0.05) is 45.7 Å².